The first-order chi connectivity index (χ1) is 15.0. The largest absolute Gasteiger partial charge is 0.502 e. The molecule has 1 unspecified atom stereocenters. The van der Waals surface area contributed by atoms with Crippen LogP contribution >= 0.6 is 0 Å². The smallest absolute Gasteiger partial charge is 0.276 e. The van der Waals surface area contributed by atoms with Gasteiger partial charge < -0.3 is 10.0 Å². The number of halogens is 2. The zero-order valence-corrected chi connectivity index (χ0v) is 16.4. The highest BCUT2D eigenvalue weighted by molar-refractivity contribution is 5.96. The topological polar surface area (TPSA) is 75.4 Å². The summed E-state index contributed by atoms with van der Waals surface area (Å²) in [5.74, 6) is -3.45. The highest BCUT2D eigenvalue weighted by Gasteiger charge is 2.48. The van der Waals surface area contributed by atoms with Crippen LogP contribution in [0.25, 0.3) is 0 Å². The van der Waals surface area contributed by atoms with Crippen molar-refractivity contribution >= 4 is 5.91 Å². The molecular formula is C23H19F2N3O3. The molecule has 5 rings (SSSR count). The third-order valence-electron chi connectivity index (χ3n) is 6.24. The zero-order chi connectivity index (χ0) is 21.7. The number of carbonyl (C=O) groups excluding carboxylic acids is 1. The Balaban J connectivity index is 1.82. The van der Waals surface area contributed by atoms with E-state index in [9.17, 15) is 14.7 Å². The third kappa shape index (κ3) is 2.93. The van der Waals surface area contributed by atoms with Crippen LogP contribution in [0.2, 0.25) is 0 Å². The molecule has 0 spiro atoms. The molecule has 3 heterocycles. The highest BCUT2D eigenvalue weighted by atomic mass is 19.1. The Kier molecular flexibility index (Phi) is 4.57. The molecule has 2 aliphatic rings. The van der Waals surface area contributed by atoms with E-state index in [0.29, 0.717) is 24.9 Å². The minimum Gasteiger partial charge on any atom is -0.502 e. The molecule has 0 radical (unpaired) electrons. The lowest BCUT2D eigenvalue weighted by Gasteiger charge is -2.42. The number of hydrogen-bond acceptors (Lipinski definition) is 4. The fourth-order valence-electron chi connectivity index (χ4n) is 4.95. The Morgan fingerprint density at radius 2 is 1.74 bits per heavy atom. The average Bonchev–Trinajstić information content (AvgIpc) is 3.25. The van der Waals surface area contributed by atoms with Gasteiger partial charge in [0, 0.05) is 18.0 Å². The summed E-state index contributed by atoms with van der Waals surface area (Å²) in [6, 6.07) is 11.5. The first kappa shape index (κ1) is 19.4. The van der Waals surface area contributed by atoms with Crippen molar-refractivity contribution in [2.75, 3.05) is 6.54 Å². The molecule has 1 N–H and O–H groups in total. The van der Waals surface area contributed by atoms with Gasteiger partial charge in [0.15, 0.2) is 11.4 Å². The Morgan fingerprint density at radius 1 is 1.03 bits per heavy atom. The first-order valence-electron chi connectivity index (χ1n) is 10.1. The predicted molar refractivity (Wildman–Crippen MR) is 108 cm³/mol. The molecule has 1 saturated heterocycles. The molecule has 31 heavy (non-hydrogen) atoms. The van der Waals surface area contributed by atoms with Crippen molar-refractivity contribution in [2.24, 2.45) is 0 Å². The van der Waals surface area contributed by atoms with Gasteiger partial charge in [-0.3, -0.25) is 14.3 Å². The Bertz CT molecular complexity index is 1210. The fourth-order valence-corrected chi connectivity index (χ4v) is 4.95. The van der Waals surface area contributed by atoms with E-state index in [4.69, 9.17) is 0 Å². The van der Waals surface area contributed by atoms with E-state index in [1.54, 1.807) is 35.2 Å². The number of fused-ring (bicyclic) bond motifs is 2. The van der Waals surface area contributed by atoms with Crippen molar-refractivity contribution in [2.45, 2.75) is 30.8 Å². The van der Waals surface area contributed by atoms with E-state index in [1.807, 2.05) is 0 Å². The quantitative estimate of drug-likeness (QED) is 0.702. The maximum atomic E-state index is 15.0. The number of hydrogen-bond donors (Lipinski definition) is 1. The van der Waals surface area contributed by atoms with Crippen LogP contribution in [0.4, 0.5) is 8.78 Å². The van der Waals surface area contributed by atoms with Crippen LogP contribution in [0, 0.1) is 11.6 Å². The Labute approximate surface area is 176 Å². The highest BCUT2D eigenvalue weighted by Crippen LogP contribution is 2.46. The normalized spacial score (nSPS) is 21.0. The van der Waals surface area contributed by atoms with Gasteiger partial charge in [-0.2, -0.15) is 5.10 Å². The van der Waals surface area contributed by atoms with Gasteiger partial charge in [0.2, 0.25) is 5.43 Å². The van der Waals surface area contributed by atoms with Crippen molar-refractivity contribution in [1.29, 1.82) is 0 Å². The molecule has 1 amide bonds. The minimum atomic E-state index is -0.839. The van der Waals surface area contributed by atoms with Gasteiger partial charge in [-0.25, -0.2) is 8.78 Å². The van der Waals surface area contributed by atoms with Gasteiger partial charge in [0.05, 0.1) is 18.3 Å². The summed E-state index contributed by atoms with van der Waals surface area (Å²) in [5.41, 5.74) is -0.507. The second-order valence-corrected chi connectivity index (χ2v) is 7.87. The standard InChI is InChI=1S/C23H19F2N3O3/c24-14-8-4-9-15(25)19(14)18(13-6-2-1-3-7-13)20-16-10-5-11-27(16)23(31)21-22(30)17(29)12-26-28(20)21/h1-4,6-9,12,16,18,20,30H,5,10-11H2/t16-,18-,20?/m1/s1. The van der Waals surface area contributed by atoms with Crippen molar-refractivity contribution < 1.29 is 18.7 Å². The summed E-state index contributed by atoms with van der Waals surface area (Å²) in [6.45, 7) is 0.434. The second kappa shape index (κ2) is 7.30. The second-order valence-electron chi connectivity index (χ2n) is 7.87. The molecular weight excluding hydrogens is 404 g/mol. The monoisotopic (exact) mass is 423 g/mol. The molecule has 1 aromatic heterocycles. The maximum Gasteiger partial charge on any atom is 0.276 e. The van der Waals surface area contributed by atoms with Gasteiger partial charge in [-0.15, -0.1) is 0 Å². The van der Waals surface area contributed by atoms with Crippen LogP contribution in [0.5, 0.6) is 5.75 Å². The summed E-state index contributed by atoms with van der Waals surface area (Å²) >= 11 is 0. The first-order valence-corrected chi connectivity index (χ1v) is 10.1. The number of benzene rings is 2. The van der Waals surface area contributed by atoms with Crippen LogP contribution in [0.3, 0.4) is 0 Å². The van der Waals surface area contributed by atoms with E-state index in [-0.39, 0.29) is 11.3 Å². The molecule has 0 aliphatic carbocycles. The van der Waals surface area contributed by atoms with Gasteiger partial charge in [0.1, 0.15) is 11.6 Å². The number of rotatable bonds is 3. The summed E-state index contributed by atoms with van der Waals surface area (Å²) in [7, 11) is 0. The maximum absolute atomic E-state index is 15.0. The van der Waals surface area contributed by atoms with Gasteiger partial charge in [-0.1, -0.05) is 36.4 Å². The minimum absolute atomic E-state index is 0.133. The Morgan fingerprint density at radius 3 is 2.45 bits per heavy atom. The number of carbonyl (C=O) groups is 1. The predicted octanol–water partition coefficient (Wildman–Crippen LogP) is 3.22. The summed E-state index contributed by atoms with van der Waals surface area (Å²) in [6.07, 6.45) is 2.25. The van der Waals surface area contributed by atoms with Crippen LogP contribution in [-0.4, -0.2) is 38.3 Å². The van der Waals surface area contributed by atoms with Gasteiger partial charge in [-0.05, 0) is 30.5 Å². The lowest BCUT2D eigenvalue weighted by Crippen LogP contribution is -2.51. The van der Waals surface area contributed by atoms with Crippen LogP contribution < -0.4 is 5.43 Å². The molecule has 2 aromatic carbocycles. The van der Waals surface area contributed by atoms with Crippen LogP contribution in [0.15, 0.2) is 59.5 Å². The molecule has 158 valence electrons. The van der Waals surface area contributed by atoms with Crippen molar-refractivity contribution in [1.82, 2.24) is 14.7 Å². The van der Waals surface area contributed by atoms with E-state index < -0.39 is 46.7 Å². The summed E-state index contributed by atoms with van der Waals surface area (Å²) in [5, 5.41) is 14.6. The number of aromatic nitrogens is 2. The SMILES string of the molecule is O=C1c2c(O)c(=O)cnn2C([C@H](c2ccccc2)c2c(F)cccc2F)[C@H]2CCCN12. The zero-order valence-electron chi connectivity index (χ0n) is 16.4. The third-order valence-corrected chi connectivity index (χ3v) is 6.24. The fraction of sp³-hybridized carbons (Fsp3) is 0.261. The molecule has 6 nitrogen and oxygen atoms in total. The molecule has 0 bridgehead atoms. The lowest BCUT2D eigenvalue weighted by atomic mass is 9.79. The lowest BCUT2D eigenvalue weighted by molar-refractivity contribution is 0.0563. The van der Waals surface area contributed by atoms with E-state index in [1.165, 1.54) is 22.9 Å². The van der Waals surface area contributed by atoms with Gasteiger partial charge in [0.25, 0.3) is 5.91 Å². The molecule has 1 fully saturated rings. The molecule has 3 aromatic rings. The molecule has 3 atom stereocenters. The van der Waals surface area contributed by atoms with E-state index in [2.05, 4.69) is 5.10 Å². The van der Waals surface area contributed by atoms with Crippen LogP contribution in [-0.2, 0) is 0 Å². The number of aromatic hydroxyl groups is 1. The molecule has 0 saturated carbocycles. The number of nitrogens with zero attached hydrogens (tertiary/aromatic N) is 3. The van der Waals surface area contributed by atoms with E-state index in [0.717, 1.165) is 6.20 Å². The van der Waals surface area contributed by atoms with Gasteiger partial charge >= 0.3 is 0 Å². The van der Waals surface area contributed by atoms with Crippen molar-refractivity contribution in [3.05, 3.63) is 93.4 Å². The van der Waals surface area contributed by atoms with Crippen molar-refractivity contribution in [3.8, 4) is 5.75 Å². The molecule has 8 heteroatoms. The molecule has 2 aliphatic heterocycles. The summed E-state index contributed by atoms with van der Waals surface area (Å²) in [4.78, 5) is 26.7. The van der Waals surface area contributed by atoms with Crippen molar-refractivity contribution in [3.63, 3.8) is 0 Å². The number of amides is 1. The Hall–Kier alpha value is -3.55. The van der Waals surface area contributed by atoms with E-state index >= 15 is 8.78 Å². The average molecular weight is 423 g/mol. The van der Waals surface area contributed by atoms with Crippen LogP contribution in [0.1, 0.15) is 46.4 Å². The summed E-state index contributed by atoms with van der Waals surface area (Å²) < 4.78 is 31.3.